The predicted molar refractivity (Wildman–Crippen MR) is 101 cm³/mol. The Morgan fingerprint density at radius 3 is 2.58 bits per heavy atom. The number of nitrogens with one attached hydrogen (secondary N) is 1. The SMILES string of the molecule is Nc1cccc(-c2cccc(Nc3nc(=O)n(O)c4ncccc34)c2)c1. The third kappa shape index (κ3) is 2.82. The minimum atomic E-state index is -0.800. The Bertz CT molecular complexity index is 1170. The molecule has 4 aromatic rings. The van der Waals surface area contributed by atoms with Crippen LogP contribution in [0.3, 0.4) is 0 Å². The van der Waals surface area contributed by atoms with Crippen LogP contribution in [-0.2, 0) is 0 Å². The molecule has 0 amide bonds. The first-order chi connectivity index (χ1) is 12.6. The number of nitrogens with zero attached hydrogens (tertiary/aromatic N) is 3. The molecule has 7 nitrogen and oxygen atoms in total. The van der Waals surface area contributed by atoms with Crippen LogP contribution in [-0.4, -0.2) is 19.9 Å². The molecule has 0 aliphatic carbocycles. The molecular weight excluding hydrogens is 330 g/mol. The Morgan fingerprint density at radius 1 is 1.00 bits per heavy atom. The van der Waals surface area contributed by atoms with Gasteiger partial charge in [0.25, 0.3) is 0 Å². The lowest BCUT2D eigenvalue weighted by Gasteiger charge is -2.11. The van der Waals surface area contributed by atoms with Crippen molar-refractivity contribution in [3.05, 3.63) is 77.3 Å². The minimum absolute atomic E-state index is 0.141. The first-order valence-electron chi connectivity index (χ1n) is 7.92. The average Bonchev–Trinajstić information content (AvgIpc) is 2.66. The minimum Gasteiger partial charge on any atom is -0.422 e. The summed E-state index contributed by atoms with van der Waals surface area (Å²) in [6.45, 7) is 0. The lowest BCUT2D eigenvalue weighted by molar-refractivity contribution is 0.182. The maximum Gasteiger partial charge on any atom is 0.384 e. The molecule has 0 atom stereocenters. The Morgan fingerprint density at radius 2 is 1.77 bits per heavy atom. The summed E-state index contributed by atoms with van der Waals surface area (Å²) in [6.07, 6.45) is 1.50. The van der Waals surface area contributed by atoms with Gasteiger partial charge in [-0.25, -0.2) is 9.78 Å². The molecule has 7 heteroatoms. The Labute approximate surface area is 148 Å². The summed E-state index contributed by atoms with van der Waals surface area (Å²) in [4.78, 5) is 19.8. The van der Waals surface area contributed by atoms with Crippen molar-refractivity contribution >= 4 is 28.2 Å². The lowest BCUT2D eigenvalue weighted by Crippen LogP contribution is -2.23. The maximum atomic E-state index is 11.9. The standard InChI is InChI=1S/C19H15N5O2/c20-14-6-1-4-12(10-14)13-5-2-7-15(11-13)22-17-16-8-3-9-21-18(16)24(26)19(25)23-17/h1-11,26H,20H2,(H,22,23,25). The molecule has 0 aliphatic rings. The fraction of sp³-hybridized carbons (Fsp3) is 0. The van der Waals surface area contributed by atoms with Gasteiger partial charge in [-0.15, -0.1) is 4.73 Å². The van der Waals surface area contributed by atoms with Crippen molar-refractivity contribution in [2.45, 2.75) is 0 Å². The number of aromatic nitrogens is 3. The van der Waals surface area contributed by atoms with Crippen molar-refractivity contribution in [1.82, 2.24) is 14.7 Å². The molecule has 0 radical (unpaired) electrons. The third-order valence-electron chi connectivity index (χ3n) is 3.98. The molecule has 2 aromatic carbocycles. The van der Waals surface area contributed by atoms with Gasteiger partial charge in [-0.1, -0.05) is 24.3 Å². The van der Waals surface area contributed by atoms with E-state index in [-0.39, 0.29) is 5.65 Å². The molecule has 0 saturated heterocycles. The van der Waals surface area contributed by atoms with E-state index in [1.54, 1.807) is 12.1 Å². The second kappa shape index (κ2) is 6.21. The highest BCUT2D eigenvalue weighted by Crippen LogP contribution is 2.27. The fourth-order valence-electron chi connectivity index (χ4n) is 2.77. The molecule has 0 fully saturated rings. The van der Waals surface area contributed by atoms with Gasteiger partial charge in [0.15, 0.2) is 5.65 Å². The average molecular weight is 345 g/mol. The zero-order valence-corrected chi connectivity index (χ0v) is 13.6. The van der Waals surface area contributed by atoms with Crippen LogP contribution in [0.5, 0.6) is 0 Å². The number of nitrogens with two attached hydrogens (primary N) is 1. The van der Waals surface area contributed by atoms with Crippen LogP contribution in [0.25, 0.3) is 22.2 Å². The van der Waals surface area contributed by atoms with Crippen molar-refractivity contribution in [1.29, 1.82) is 0 Å². The maximum absolute atomic E-state index is 11.9. The van der Waals surface area contributed by atoms with Crippen molar-refractivity contribution in [2.24, 2.45) is 0 Å². The molecule has 4 rings (SSSR count). The molecule has 0 bridgehead atoms. The quantitative estimate of drug-likeness (QED) is 0.389. The van der Waals surface area contributed by atoms with E-state index < -0.39 is 5.69 Å². The van der Waals surface area contributed by atoms with Crippen LogP contribution in [0.2, 0.25) is 0 Å². The van der Waals surface area contributed by atoms with Crippen LogP contribution >= 0.6 is 0 Å². The molecule has 0 aliphatic heterocycles. The van der Waals surface area contributed by atoms with Gasteiger partial charge in [-0.2, -0.15) is 4.98 Å². The third-order valence-corrected chi connectivity index (χ3v) is 3.98. The second-order valence-corrected chi connectivity index (χ2v) is 5.76. The summed E-state index contributed by atoms with van der Waals surface area (Å²) in [5.41, 5.74) is 8.59. The Kier molecular flexibility index (Phi) is 3.74. The largest absolute Gasteiger partial charge is 0.422 e. The summed E-state index contributed by atoms with van der Waals surface area (Å²) in [5, 5.41) is 13.5. The number of pyridine rings is 1. The lowest BCUT2D eigenvalue weighted by atomic mass is 10.0. The van der Waals surface area contributed by atoms with Crippen molar-refractivity contribution in [2.75, 3.05) is 11.1 Å². The van der Waals surface area contributed by atoms with Gasteiger partial charge in [0.2, 0.25) is 0 Å². The molecule has 2 aromatic heterocycles. The van der Waals surface area contributed by atoms with Crippen molar-refractivity contribution in [3.63, 3.8) is 0 Å². The highest BCUT2D eigenvalue weighted by molar-refractivity contribution is 5.88. The summed E-state index contributed by atoms with van der Waals surface area (Å²) < 4.78 is 0.434. The number of hydrogen-bond acceptors (Lipinski definition) is 6. The van der Waals surface area contributed by atoms with E-state index >= 15 is 0 Å². The van der Waals surface area contributed by atoms with Crippen molar-refractivity contribution < 1.29 is 5.21 Å². The number of fused-ring (bicyclic) bond motifs is 1. The number of hydrogen-bond donors (Lipinski definition) is 3. The number of anilines is 3. The van der Waals surface area contributed by atoms with Gasteiger partial charge in [0, 0.05) is 17.6 Å². The van der Waals surface area contributed by atoms with E-state index in [1.165, 1.54) is 6.20 Å². The van der Waals surface area contributed by atoms with Gasteiger partial charge in [-0.3, -0.25) is 0 Å². The van der Waals surface area contributed by atoms with Crippen LogP contribution in [0, 0.1) is 0 Å². The monoisotopic (exact) mass is 345 g/mol. The predicted octanol–water partition coefficient (Wildman–Crippen LogP) is 3.02. The Hall–Kier alpha value is -3.87. The summed E-state index contributed by atoms with van der Waals surface area (Å²) in [5.74, 6) is 0.327. The second-order valence-electron chi connectivity index (χ2n) is 5.76. The summed E-state index contributed by atoms with van der Waals surface area (Å²) >= 11 is 0. The van der Waals surface area contributed by atoms with Crippen LogP contribution in [0.1, 0.15) is 0 Å². The summed E-state index contributed by atoms with van der Waals surface area (Å²) in [7, 11) is 0. The number of benzene rings is 2. The van der Waals surface area contributed by atoms with E-state index in [0.717, 1.165) is 16.8 Å². The topological polar surface area (TPSA) is 106 Å². The van der Waals surface area contributed by atoms with E-state index in [4.69, 9.17) is 5.73 Å². The van der Waals surface area contributed by atoms with Crippen LogP contribution < -0.4 is 16.7 Å². The highest BCUT2D eigenvalue weighted by atomic mass is 16.5. The first kappa shape index (κ1) is 15.6. The smallest absolute Gasteiger partial charge is 0.384 e. The number of nitrogen functional groups attached to an aromatic ring is 1. The molecule has 0 unspecified atom stereocenters. The Balaban J connectivity index is 1.77. The zero-order valence-electron chi connectivity index (χ0n) is 13.6. The first-order valence-corrected chi connectivity index (χ1v) is 7.92. The zero-order chi connectivity index (χ0) is 18.1. The molecule has 0 saturated carbocycles. The van der Waals surface area contributed by atoms with Crippen molar-refractivity contribution in [3.8, 4) is 11.1 Å². The molecule has 4 N–H and O–H groups in total. The molecule has 0 spiro atoms. The molecule has 2 heterocycles. The fourth-order valence-corrected chi connectivity index (χ4v) is 2.77. The normalized spacial score (nSPS) is 10.8. The van der Waals surface area contributed by atoms with E-state index in [1.807, 2.05) is 48.5 Å². The van der Waals surface area contributed by atoms with Crippen LogP contribution in [0.15, 0.2) is 71.7 Å². The highest BCUT2D eigenvalue weighted by Gasteiger charge is 2.11. The van der Waals surface area contributed by atoms with Gasteiger partial charge in [-0.05, 0) is 47.5 Å². The van der Waals surface area contributed by atoms with Gasteiger partial charge in [0.05, 0.1) is 5.39 Å². The molecular formula is C19H15N5O2. The number of rotatable bonds is 3. The van der Waals surface area contributed by atoms with Crippen LogP contribution in [0.4, 0.5) is 17.2 Å². The molecule has 128 valence electrons. The van der Waals surface area contributed by atoms with E-state index in [0.29, 0.717) is 21.6 Å². The summed E-state index contributed by atoms with van der Waals surface area (Å²) in [6, 6.07) is 18.7. The van der Waals surface area contributed by atoms with E-state index in [2.05, 4.69) is 15.3 Å². The molecule has 26 heavy (non-hydrogen) atoms. The van der Waals surface area contributed by atoms with Gasteiger partial charge >= 0.3 is 5.69 Å². The van der Waals surface area contributed by atoms with Gasteiger partial charge < -0.3 is 16.3 Å². The van der Waals surface area contributed by atoms with Gasteiger partial charge in [0.1, 0.15) is 5.82 Å². The van der Waals surface area contributed by atoms with E-state index in [9.17, 15) is 10.0 Å².